The Morgan fingerprint density at radius 3 is 2.42 bits per heavy atom. The van der Waals surface area contributed by atoms with Crippen LogP contribution in [-0.4, -0.2) is 22.9 Å². The number of nitrogens with one attached hydrogen (secondary N) is 1. The van der Waals surface area contributed by atoms with Crippen LogP contribution in [0, 0.1) is 16.7 Å². The molecule has 31 heavy (non-hydrogen) atoms. The van der Waals surface area contributed by atoms with Crippen molar-refractivity contribution >= 4 is 32.4 Å². The van der Waals surface area contributed by atoms with Gasteiger partial charge in [0.15, 0.2) is 5.65 Å². The summed E-state index contributed by atoms with van der Waals surface area (Å²) in [5.74, 6) is 0. The summed E-state index contributed by atoms with van der Waals surface area (Å²) in [6, 6.07) is 12.5. The van der Waals surface area contributed by atoms with Gasteiger partial charge < -0.3 is 11.1 Å². The largest absolute Gasteiger partial charge is 0.396 e. The van der Waals surface area contributed by atoms with Gasteiger partial charge in [-0.3, -0.25) is 0 Å². The molecule has 2 heterocycles. The molecule has 2 bridgehead atoms. The van der Waals surface area contributed by atoms with Crippen molar-refractivity contribution in [3.8, 4) is 6.07 Å². The molecule has 6 rings (SSSR count). The van der Waals surface area contributed by atoms with Gasteiger partial charge in [-0.1, -0.05) is 18.2 Å². The molecule has 3 saturated carbocycles. The highest BCUT2D eigenvalue weighted by Crippen LogP contribution is 2.55. The van der Waals surface area contributed by atoms with E-state index in [1.54, 1.807) is 42.6 Å². The van der Waals surface area contributed by atoms with Gasteiger partial charge in [0.1, 0.15) is 0 Å². The highest BCUT2D eigenvalue weighted by Gasteiger charge is 2.48. The molecule has 3 N–H and O–H groups in total. The smallest absolute Gasteiger partial charge is 0.269 e. The Morgan fingerprint density at radius 1 is 1.10 bits per heavy atom. The van der Waals surface area contributed by atoms with E-state index in [1.807, 2.05) is 0 Å². The summed E-state index contributed by atoms with van der Waals surface area (Å²) in [6.07, 6.45) is 9.76. The lowest BCUT2D eigenvalue weighted by Crippen LogP contribution is -2.50. The van der Waals surface area contributed by atoms with Gasteiger partial charge in [-0.15, -0.1) is 0 Å². The molecule has 0 spiro atoms. The average Bonchev–Trinajstić information content (AvgIpc) is 3.23. The number of pyridine rings is 1. The molecule has 8 heteroatoms. The van der Waals surface area contributed by atoms with Gasteiger partial charge in [0.25, 0.3) is 10.0 Å². The van der Waals surface area contributed by atoms with Gasteiger partial charge in [-0.25, -0.2) is 17.4 Å². The van der Waals surface area contributed by atoms with Crippen LogP contribution in [0.25, 0.3) is 11.0 Å². The van der Waals surface area contributed by atoms with E-state index in [0.29, 0.717) is 23.1 Å². The molecule has 3 aliphatic rings. The van der Waals surface area contributed by atoms with Crippen LogP contribution in [0.1, 0.15) is 44.9 Å². The van der Waals surface area contributed by atoms with E-state index < -0.39 is 10.0 Å². The second-order valence-electron chi connectivity index (χ2n) is 9.00. The fraction of sp³-hybridized carbons (Fsp3) is 0.391. The topological polar surface area (TPSA) is 114 Å². The standard InChI is InChI=1S/C23H25N5O2S/c24-14-13-22-7-10-23(11-8-22,12-9-22)27-20-18-6-15-28(21(18)26-16-19(20)25)31(29,30)17-4-2-1-3-5-17/h1-6,15-16H,7-13,25H2,(H,26,27). The van der Waals surface area contributed by atoms with Crippen LogP contribution >= 0.6 is 0 Å². The summed E-state index contributed by atoms with van der Waals surface area (Å²) in [4.78, 5) is 4.58. The number of fused-ring (bicyclic) bond motifs is 4. The van der Waals surface area contributed by atoms with Crippen LogP contribution in [-0.2, 0) is 10.0 Å². The minimum atomic E-state index is -3.76. The van der Waals surface area contributed by atoms with Crippen LogP contribution < -0.4 is 11.1 Å². The van der Waals surface area contributed by atoms with Crippen molar-refractivity contribution in [2.75, 3.05) is 11.1 Å². The zero-order valence-corrected chi connectivity index (χ0v) is 18.0. The van der Waals surface area contributed by atoms with Crippen molar-refractivity contribution < 1.29 is 8.42 Å². The van der Waals surface area contributed by atoms with Crippen LogP contribution in [0.2, 0.25) is 0 Å². The molecular weight excluding hydrogens is 410 g/mol. The van der Waals surface area contributed by atoms with E-state index in [2.05, 4.69) is 16.4 Å². The summed E-state index contributed by atoms with van der Waals surface area (Å²) in [7, 11) is -3.76. The molecule has 0 atom stereocenters. The van der Waals surface area contributed by atoms with Crippen LogP contribution in [0.5, 0.6) is 0 Å². The molecule has 0 unspecified atom stereocenters. The van der Waals surface area contributed by atoms with E-state index in [4.69, 9.17) is 5.73 Å². The molecule has 160 valence electrons. The second-order valence-corrected chi connectivity index (χ2v) is 10.8. The number of rotatable bonds is 5. The van der Waals surface area contributed by atoms with E-state index in [9.17, 15) is 13.7 Å². The Bertz CT molecular complexity index is 1270. The molecule has 3 fully saturated rings. The molecular formula is C23H25N5O2S. The molecule has 3 aliphatic carbocycles. The van der Waals surface area contributed by atoms with Crippen molar-refractivity contribution in [1.29, 1.82) is 5.26 Å². The quantitative estimate of drug-likeness (QED) is 0.618. The predicted molar refractivity (Wildman–Crippen MR) is 120 cm³/mol. The monoisotopic (exact) mass is 435 g/mol. The number of aromatic nitrogens is 2. The normalized spacial score (nSPS) is 25.4. The fourth-order valence-electron chi connectivity index (χ4n) is 5.27. The van der Waals surface area contributed by atoms with E-state index in [-0.39, 0.29) is 15.8 Å². The number of nitrogens with two attached hydrogens (primary N) is 1. The first kappa shape index (κ1) is 19.9. The maximum atomic E-state index is 13.2. The molecule has 0 radical (unpaired) electrons. The van der Waals surface area contributed by atoms with Gasteiger partial charge in [-0.05, 0) is 62.1 Å². The highest BCUT2D eigenvalue weighted by molar-refractivity contribution is 7.90. The van der Waals surface area contributed by atoms with Crippen molar-refractivity contribution in [2.45, 2.75) is 55.4 Å². The Hall–Kier alpha value is -3.05. The second kappa shape index (κ2) is 6.99. The number of nitrogens with zero attached hydrogens (tertiary/aromatic N) is 3. The molecule has 1 aromatic carbocycles. The molecule has 0 amide bonds. The number of nitriles is 1. The maximum absolute atomic E-state index is 13.2. The third-order valence-electron chi connectivity index (χ3n) is 7.26. The third kappa shape index (κ3) is 3.15. The summed E-state index contributed by atoms with van der Waals surface area (Å²) in [6.45, 7) is 0. The minimum absolute atomic E-state index is 0.0694. The molecule has 3 aromatic rings. The van der Waals surface area contributed by atoms with Crippen LogP contribution in [0.4, 0.5) is 11.4 Å². The van der Waals surface area contributed by atoms with E-state index >= 15 is 0 Å². The SMILES string of the molecule is N#CCC12CCC(Nc3c(N)cnc4c3ccn4S(=O)(=O)c3ccccc3)(CC1)CC2. The highest BCUT2D eigenvalue weighted by atomic mass is 32.2. The lowest BCUT2D eigenvalue weighted by atomic mass is 9.56. The number of benzene rings is 1. The van der Waals surface area contributed by atoms with Crippen molar-refractivity contribution in [2.24, 2.45) is 5.41 Å². The van der Waals surface area contributed by atoms with Crippen LogP contribution in [0.15, 0.2) is 53.7 Å². The van der Waals surface area contributed by atoms with Crippen molar-refractivity contribution in [3.05, 3.63) is 48.8 Å². The van der Waals surface area contributed by atoms with Gasteiger partial charge >= 0.3 is 0 Å². The van der Waals surface area contributed by atoms with Gasteiger partial charge in [0.2, 0.25) is 0 Å². The maximum Gasteiger partial charge on any atom is 0.269 e. The molecule has 2 aromatic heterocycles. The predicted octanol–water partition coefficient (Wildman–Crippen LogP) is 4.27. The Balaban J connectivity index is 1.52. The summed E-state index contributed by atoms with van der Waals surface area (Å²) < 4.78 is 27.5. The number of anilines is 2. The first-order valence-corrected chi connectivity index (χ1v) is 12.0. The zero-order chi connectivity index (χ0) is 21.7. The molecule has 0 saturated heterocycles. The van der Waals surface area contributed by atoms with Gasteiger partial charge in [-0.2, -0.15) is 5.26 Å². The van der Waals surface area contributed by atoms with Gasteiger partial charge in [0, 0.05) is 23.5 Å². The minimum Gasteiger partial charge on any atom is -0.396 e. The van der Waals surface area contributed by atoms with Gasteiger partial charge in [0.05, 0.1) is 28.5 Å². The van der Waals surface area contributed by atoms with Crippen molar-refractivity contribution in [1.82, 2.24) is 8.96 Å². The zero-order valence-electron chi connectivity index (χ0n) is 17.2. The Labute approximate surface area is 181 Å². The molecule has 7 nitrogen and oxygen atoms in total. The first-order chi connectivity index (χ1) is 14.9. The summed E-state index contributed by atoms with van der Waals surface area (Å²) in [5.41, 5.74) is 8.03. The van der Waals surface area contributed by atoms with Crippen LogP contribution in [0.3, 0.4) is 0 Å². The van der Waals surface area contributed by atoms with E-state index in [1.165, 1.54) is 10.2 Å². The van der Waals surface area contributed by atoms with Crippen molar-refractivity contribution in [3.63, 3.8) is 0 Å². The first-order valence-electron chi connectivity index (χ1n) is 10.6. The lowest BCUT2D eigenvalue weighted by Gasteiger charge is -2.53. The number of hydrogen-bond acceptors (Lipinski definition) is 6. The average molecular weight is 436 g/mol. The third-order valence-corrected chi connectivity index (χ3v) is 8.94. The lowest BCUT2D eigenvalue weighted by molar-refractivity contribution is 0.0595. The summed E-state index contributed by atoms with van der Waals surface area (Å²) in [5, 5.41) is 13.6. The number of hydrogen-bond donors (Lipinski definition) is 2. The molecule has 0 aliphatic heterocycles. The Morgan fingerprint density at radius 2 is 1.77 bits per heavy atom. The summed E-state index contributed by atoms with van der Waals surface area (Å²) >= 11 is 0. The van der Waals surface area contributed by atoms with E-state index in [0.717, 1.165) is 44.2 Å². The fourth-order valence-corrected chi connectivity index (χ4v) is 6.59. The Kier molecular flexibility index (Phi) is 4.48. The number of nitrogen functional groups attached to an aromatic ring is 1.